The van der Waals surface area contributed by atoms with Gasteiger partial charge < -0.3 is 0 Å². The van der Waals surface area contributed by atoms with Gasteiger partial charge in [0, 0.05) is 6.21 Å². The van der Waals surface area contributed by atoms with E-state index in [-0.39, 0.29) is 10.3 Å². The summed E-state index contributed by atoms with van der Waals surface area (Å²) in [5.74, 6) is 0.519. The molecule has 0 bridgehead atoms. The van der Waals surface area contributed by atoms with E-state index in [2.05, 4.69) is 42.1 Å². The molecule has 0 spiro atoms. The van der Waals surface area contributed by atoms with E-state index in [1.54, 1.807) is 13.1 Å². The molecule has 0 aliphatic carbocycles. The van der Waals surface area contributed by atoms with Crippen LogP contribution in [-0.2, 0) is 0 Å². The molecule has 0 aliphatic rings. The van der Waals surface area contributed by atoms with Crippen LogP contribution < -0.4 is 5.56 Å². The molecule has 0 radical (unpaired) electrons. The van der Waals surface area contributed by atoms with Gasteiger partial charge in [0.25, 0.3) is 5.56 Å². The molecule has 0 unspecified atom stereocenters. The molecule has 5 nitrogen and oxygen atoms in total. The molecule has 6 heteroatoms. The number of nitrogens with one attached hydrogen (secondary N) is 1. The van der Waals surface area contributed by atoms with E-state index in [0.717, 1.165) is 19.3 Å². The lowest BCUT2D eigenvalue weighted by Crippen LogP contribution is -2.22. The zero-order valence-corrected chi connectivity index (χ0v) is 13.3. The van der Waals surface area contributed by atoms with Gasteiger partial charge in [-0.15, -0.1) is 0 Å². The quantitative estimate of drug-likeness (QED) is 0.498. The van der Waals surface area contributed by atoms with E-state index >= 15 is 0 Å². The highest BCUT2D eigenvalue weighted by Crippen LogP contribution is 2.10. The van der Waals surface area contributed by atoms with Crippen LogP contribution in [0, 0.1) is 17.6 Å². The van der Waals surface area contributed by atoms with Crippen LogP contribution in [0.25, 0.3) is 0 Å². The molecule has 0 aromatic carbocycles. The molecule has 1 rings (SSSR count). The third kappa shape index (κ3) is 5.21. The molecule has 0 amide bonds. The summed E-state index contributed by atoms with van der Waals surface area (Å²) >= 11 is 5.00. The summed E-state index contributed by atoms with van der Waals surface area (Å²) in [4.78, 5) is 11.8. The number of allylic oxidation sites excluding steroid dienone is 2. The maximum absolute atomic E-state index is 11.8. The topological polar surface area (TPSA) is 63.0 Å². The van der Waals surface area contributed by atoms with Crippen molar-refractivity contribution < 1.29 is 0 Å². The minimum atomic E-state index is -0.276. The van der Waals surface area contributed by atoms with Crippen LogP contribution in [0.5, 0.6) is 0 Å². The van der Waals surface area contributed by atoms with Gasteiger partial charge in [0.15, 0.2) is 0 Å². The number of nitrogens with zero attached hydrogens (tertiary/aromatic N) is 3. The summed E-state index contributed by atoms with van der Waals surface area (Å²) in [5.41, 5.74) is 1.42. The number of hydrogen-bond acceptors (Lipinski definition) is 4. The van der Waals surface area contributed by atoms with E-state index in [1.807, 2.05) is 0 Å². The summed E-state index contributed by atoms with van der Waals surface area (Å²) in [7, 11) is 0. The predicted octanol–water partition coefficient (Wildman–Crippen LogP) is 3.22. The fourth-order valence-corrected chi connectivity index (χ4v) is 1.84. The fraction of sp³-hybridized carbons (Fsp3) is 0.571. The minimum Gasteiger partial charge on any atom is -0.265 e. The summed E-state index contributed by atoms with van der Waals surface area (Å²) in [5, 5.41) is 10.5. The zero-order chi connectivity index (χ0) is 15.1. The maximum atomic E-state index is 11.8. The first-order valence-electron chi connectivity index (χ1n) is 6.76. The maximum Gasteiger partial charge on any atom is 0.296 e. The number of rotatable bonds is 6. The Morgan fingerprint density at radius 3 is 2.90 bits per heavy atom. The largest absolute Gasteiger partial charge is 0.296 e. The van der Waals surface area contributed by atoms with Crippen LogP contribution in [0.1, 0.15) is 45.7 Å². The molecular weight excluding hydrogens is 272 g/mol. The smallest absolute Gasteiger partial charge is 0.265 e. The molecular formula is C14H22N4OS. The number of aromatic nitrogens is 3. The summed E-state index contributed by atoms with van der Waals surface area (Å²) in [6.07, 6.45) is 6.98. The van der Waals surface area contributed by atoms with Crippen LogP contribution >= 0.6 is 12.2 Å². The SMILES string of the molecule is CC(C)=CCC[C@H](C)C/C=N\n1c(=S)[nH]nc(C)c1=O. The lowest BCUT2D eigenvalue weighted by atomic mass is 10.0. The molecule has 20 heavy (non-hydrogen) atoms. The number of aryl methyl sites for hydroxylation is 1. The molecule has 110 valence electrons. The Hall–Kier alpha value is -1.56. The second-order valence-electron chi connectivity index (χ2n) is 5.23. The van der Waals surface area contributed by atoms with Crippen molar-refractivity contribution in [2.45, 2.75) is 47.0 Å². The Morgan fingerprint density at radius 2 is 2.25 bits per heavy atom. The standard InChI is InChI=1S/C14H22N4OS/c1-10(2)6-5-7-11(3)8-9-15-18-13(19)12(4)16-17-14(18)20/h6,9,11H,5,7-8H2,1-4H3,(H,17,20)/b15-9-/t11-/m0/s1. The van der Waals surface area contributed by atoms with Crippen LogP contribution in [0.2, 0.25) is 0 Å². The van der Waals surface area contributed by atoms with Crippen molar-refractivity contribution in [3.63, 3.8) is 0 Å². The van der Waals surface area contributed by atoms with Crippen LogP contribution in [0.3, 0.4) is 0 Å². The van der Waals surface area contributed by atoms with E-state index < -0.39 is 0 Å². The molecule has 0 fully saturated rings. The molecule has 0 aliphatic heterocycles. The van der Waals surface area contributed by atoms with Crippen molar-refractivity contribution in [2.24, 2.45) is 11.0 Å². The van der Waals surface area contributed by atoms with Gasteiger partial charge in [-0.2, -0.15) is 14.9 Å². The third-order valence-electron chi connectivity index (χ3n) is 2.93. The third-order valence-corrected chi connectivity index (χ3v) is 3.19. The average Bonchev–Trinajstić information content (AvgIpc) is 2.38. The Labute approximate surface area is 124 Å². The molecule has 0 saturated heterocycles. The fourth-order valence-electron chi connectivity index (χ4n) is 1.66. The van der Waals surface area contributed by atoms with E-state index in [0.29, 0.717) is 11.6 Å². The normalized spacial score (nSPS) is 12.6. The second-order valence-corrected chi connectivity index (χ2v) is 5.62. The van der Waals surface area contributed by atoms with Crippen molar-refractivity contribution in [3.8, 4) is 0 Å². The van der Waals surface area contributed by atoms with E-state index in [1.165, 1.54) is 10.2 Å². The van der Waals surface area contributed by atoms with Crippen LogP contribution in [-0.4, -0.2) is 21.1 Å². The Kier molecular flexibility index (Phi) is 6.51. The van der Waals surface area contributed by atoms with Crippen LogP contribution in [0.15, 0.2) is 21.5 Å². The Morgan fingerprint density at radius 1 is 1.55 bits per heavy atom. The summed E-state index contributed by atoms with van der Waals surface area (Å²) in [6, 6.07) is 0. The zero-order valence-electron chi connectivity index (χ0n) is 12.5. The molecule has 1 aromatic rings. The van der Waals surface area contributed by atoms with Crippen LogP contribution in [0.4, 0.5) is 0 Å². The molecule has 1 N–H and O–H groups in total. The highest BCUT2D eigenvalue weighted by molar-refractivity contribution is 7.71. The van der Waals surface area contributed by atoms with Gasteiger partial charge in [-0.25, -0.2) is 0 Å². The molecule has 1 aromatic heterocycles. The second kappa shape index (κ2) is 7.89. The molecule has 0 saturated carbocycles. The number of aromatic amines is 1. The lowest BCUT2D eigenvalue weighted by molar-refractivity contribution is 0.560. The van der Waals surface area contributed by atoms with Gasteiger partial charge in [0.2, 0.25) is 4.77 Å². The highest BCUT2D eigenvalue weighted by Gasteiger charge is 2.02. The number of hydrogen-bond donors (Lipinski definition) is 1. The first kappa shape index (κ1) is 16.5. The van der Waals surface area contributed by atoms with E-state index in [4.69, 9.17) is 12.2 Å². The van der Waals surface area contributed by atoms with Gasteiger partial charge in [0.05, 0.1) is 0 Å². The van der Waals surface area contributed by atoms with Crippen molar-refractivity contribution in [1.82, 2.24) is 14.9 Å². The Balaban J connectivity index is 2.62. The summed E-state index contributed by atoms with van der Waals surface area (Å²) < 4.78 is 1.40. The van der Waals surface area contributed by atoms with Crippen molar-refractivity contribution in [1.29, 1.82) is 0 Å². The first-order valence-corrected chi connectivity index (χ1v) is 7.17. The monoisotopic (exact) mass is 294 g/mol. The highest BCUT2D eigenvalue weighted by atomic mass is 32.1. The first-order chi connectivity index (χ1) is 9.41. The Bertz CT molecular complexity index is 608. The predicted molar refractivity (Wildman–Crippen MR) is 84.8 cm³/mol. The van der Waals surface area contributed by atoms with E-state index in [9.17, 15) is 4.79 Å². The minimum absolute atomic E-state index is 0.217. The van der Waals surface area contributed by atoms with Crippen molar-refractivity contribution >= 4 is 18.4 Å². The molecule has 1 atom stereocenters. The van der Waals surface area contributed by atoms with Crippen molar-refractivity contribution in [3.05, 3.63) is 32.5 Å². The summed E-state index contributed by atoms with van der Waals surface area (Å²) in [6.45, 7) is 8.01. The van der Waals surface area contributed by atoms with Gasteiger partial charge in [0.1, 0.15) is 5.69 Å². The van der Waals surface area contributed by atoms with Gasteiger partial charge in [-0.3, -0.25) is 9.89 Å². The van der Waals surface area contributed by atoms with Crippen molar-refractivity contribution in [2.75, 3.05) is 0 Å². The van der Waals surface area contributed by atoms with Gasteiger partial charge in [-0.1, -0.05) is 18.6 Å². The lowest BCUT2D eigenvalue weighted by Gasteiger charge is -2.06. The van der Waals surface area contributed by atoms with Gasteiger partial charge >= 0.3 is 0 Å². The average molecular weight is 294 g/mol. The number of H-pyrrole nitrogens is 1. The molecule has 1 heterocycles. The van der Waals surface area contributed by atoms with Gasteiger partial charge in [-0.05, 0) is 58.2 Å².